The zero-order valence-corrected chi connectivity index (χ0v) is 20.0. The number of hydrogen-bond donors (Lipinski definition) is 3. The van der Waals surface area contributed by atoms with E-state index in [9.17, 15) is 19.8 Å². The zero-order valence-electron chi connectivity index (χ0n) is 20.0. The molecule has 0 saturated carbocycles. The molecule has 2 aromatic carbocycles. The average molecular weight is 488 g/mol. The van der Waals surface area contributed by atoms with Crippen molar-refractivity contribution in [3.63, 3.8) is 0 Å². The van der Waals surface area contributed by atoms with Crippen molar-refractivity contribution in [2.24, 2.45) is 5.92 Å². The number of aliphatic hydroxyl groups excluding tert-OH is 1. The van der Waals surface area contributed by atoms with Crippen molar-refractivity contribution in [3.05, 3.63) is 83.7 Å². The maximum absolute atomic E-state index is 12.8. The molecule has 2 aliphatic heterocycles. The summed E-state index contributed by atoms with van der Waals surface area (Å²) < 4.78 is 1.72. The summed E-state index contributed by atoms with van der Waals surface area (Å²) in [5, 5.41) is 32.5. The zero-order chi connectivity index (χ0) is 25.3. The molecule has 5 rings (SSSR count). The topological polar surface area (TPSA) is 121 Å². The van der Waals surface area contributed by atoms with Crippen LogP contribution < -0.4 is 10.2 Å². The van der Waals surface area contributed by atoms with Gasteiger partial charge in [0, 0.05) is 48.6 Å². The third-order valence-electron chi connectivity index (χ3n) is 7.08. The summed E-state index contributed by atoms with van der Waals surface area (Å²) in [6.07, 6.45) is 6.71. The monoisotopic (exact) mass is 487 g/mol. The Labute approximate surface area is 209 Å². The van der Waals surface area contributed by atoms with Crippen LogP contribution in [0, 0.1) is 5.92 Å². The lowest BCUT2D eigenvalue weighted by atomic mass is 9.82. The van der Waals surface area contributed by atoms with E-state index in [1.807, 2.05) is 48.7 Å². The number of anilines is 2. The highest BCUT2D eigenvalue weighted by Crippen LogP contribution is 2.43. The van der Waals surface area contributed by atoms with Crippen LogP contribution in [0.1, 0.15) is 42.5 Å². The van der Waals surface area contributed by atoms with Crippen LogP contribution in [0.15, 0.2) is 66.9 Å². The van der Waals surface area contributed by atoms with E-state index in [2.05, 4.69) is 15.6 Å². The molecule has 2 amide bonds. The summed E-state index contributed by atoms with van der Waals surface area (Å²) in [4.78, 5) is 26.3. The molecule has 1 aromatic heterocycles. The standard InChI is InChI=1S/C27H29N5O4/c1-18(27(36)22-15-20(32-14-12-25(32)34)10-11-23(22)28-26(27)35)7-5-6-13-31-16-24(29-30-31)21(17-33)19-8-3-2-4-9-19/h2-5,7-11,15-16,18,21,33,36H,6,12-14,17H2,1H3,(H,28,35)/b7-5+/t18-,21?,27+/m0/s1. The van der Waals surface area contributed by atoms with Gasteiger partial charge >= 0.3 is 0 Å². The van der Waals surface area contributed by atoms with Gasteiger partial charge in [0.15, 0.2) is 5.60 Å². The largest absolute Gasteiger partial charge is 0.395 e. The number of fused-ring (bicyclic) bond motifs is 1. The first-order chi connectivity index (χ1) is 17.4. The van der Waals surface area contributed by atoms with E-state index in [1.165, 1.54) is 0 Å². The Kier molecular flexibility index (Phi) is 6.42. The summed E-state index contributed by atoms with van der Waals surface area (Å²) >= 11 is 0. The highest BCUT2D eigenvalue weighted by molar-refractivity contribution is 6.06. The third kappa shape index (κ3) is 4.20. The summed E-state index contributed by atoms with van der Waals surface area (Å²) in [7, 11) is 0. The van der Waals surface area contributed by atoms with E-state index < -0.39 is 17.4 Å². The van der Waals surface area contributed by atoms with E-state index >= 15 is 0 Å². The van der Waals surface area contributed by atoms with E-state index in [4.69, 9.17) is 0 Å². The molecule has 0 bridgehead atoms. The molecule has 9 heteroatoms. The number of carbonyl (C=O) groups excluding carboxylic acids is 2. The Balaban J connectivity index is 1.24. The lowest BCUT2D eigenvalue weighted by molar-refractivity contribution is -0.137. The van der Waals surface area contributed by atoms with Crippen molar-refractivity contribution in [1.29, 1.82) is 0 Å². The minimum atomic E-state index is -1.72. The van der Waals surface area contributed by atoms with Crippen LogP contribution in [0.4, 0.5) is 11.4 Å². The normalized spacial score (nSPS) is 20.8. The third-order valence-corrected chi connectivity index (χ3v) is 7.08. The molecule has 0 spiro atoms. The predicted octanol–water partition coefficient (Wildman–Crippen LogP) is 2.56. The highest BCUT2D eigenvalue weighted by atomic mass is 16.3. The van der Waals surface area contributed by atoms with Crippen LogP contribution in [0.2, 0.25) is 0 Å². The van der Waals surface area contributed by atoms with Crippen molar-refractivity contribution in [2.75, 3.05) is 23.4 Å². The number of rotatable bonds is 9. The van der Waals surface area contributed by atoms with Gasteiger partial charge in [-0.25, -0.2) is 0 Å². The fourth-order valence-corrected chi connectivity index (χ4v) is 4.79. The molecule has 3 aromatic rings. The molecule has 36 heavy (non-hydrogen) atoms. The Morgan fingerprint density at radius 3 is 2.69 bits per heavy atom. The second kappa shape index (κ2) is 9.67. The molecule has 1 fully saturated rings. The summed E-state index contributed by atoms with van der Waals surface area (Å²) in [5.41, 5.74) is 1.69. The highest BCUT2D eigenvalue weighted by Gasteiger charge is 2.49. The number of aryl methyl sites for hydroxylation is 1. The molecule has 3 atom stereocenters. The number of aliphatic hydroxyl groups is 2. The number of nitrogens with one attached hydrogen (secondary N) is 1. The van der Waals surface area contributed by atoms with Gasteiger partial charge in [-0.2, -0.15) is 0 Å². The molecule has 0 aliphatic carbocycles. The maximum atomic E-state index is 12.8. The molecular weight excluding hydrogens is 458 g/mol. The van der Waals surface area contributed by atoms with Crippen molar-refractivity contribution < 1.29 is 19.8 Å². The molecule has 1 unspecified atom stereocenters. The number of amides is 2. The van der Waals surface area contributed by atoms with Crippen LogP contribution in [0.3, 0.4) is 0 Å². The number of allylic oxidation sites excluding steroid dienone is 1. The first kappa shape index (κ1) is 23.9. The Morgan fingerprint density at radius 2 is 2.00 bits per heavy atom. The first-order valence-electron chi connectivity index (χ1n) is 12.1. The first-order valence-corrected chi connectivity index (χ1v) is 12.1. The predicted molar refractivity (Wildman–Crippen MR) is 134 cm³/mol. The van der Waals surface area contributed by atoms with Crippen molar-refractivity contribution in [1.82, 2.24) is 15.0 Å². The second-order valence-electron chi connectivity index (χ2n) is 9.30. The van der Waals surface area contributed by atoms with Gasteiger partial charge in [0.25, 0.3) is 5.91 Å². The average Bonchev–Trinajstić information content (AvgIpc) is 3.45. The number of nitrogens with zero attached hydrogens (tertiary/aromatic N) is 4. The number of aromatic nitrogens is 3. The van der Waals surface area contributed by atoms with Gasteiger partial charge in [-0.15, -0.1) is 5.10 Å². The summed E-state index contributed by atoms with van der Waals surface area (Å²) in [6.45, 7) is 2.94. The lowest BCUT2D eigenvalue weighted by Gasteiger charge is -2.32. The Bertz CT molecular complexity index is 1300. The van der Waals surface area contributed by atoms with Gasteiger partial charge in [0.05, 0.1) is 18.2 Å². The van der Waals surface area contributed by atoms with Crippen LogP contribution in [-0.4, -0.2) is 50.2 Å². The lowest BCUT2D eigenvalue weighted by Crippen LogP contribution is -2.44. The number of carbonyl (C=O) groups is 2. The minimum Gasteiger partial charge on any atom is -0.395 e. The van der Waals surface area contributed by atoms with Gasteiger partial charge in [-0.05, 0) is 30.2 Å². The van der Waals surface area contributed by atoms with Crippen LogP contribution in [-0.2, 0) is 21.7 Å². The molecular formula is C27H29N5O4. The van der Waals surface area contributed by atoms with Gasteiger partial charge in [-0.1, -0.05) is 54.6 Å². The fraction of sp³-hybridized carbons (Fsp3) is 0.333. The van der Waals surface area contributed by atoms with E-state index in [0.29, 0.717) is 48.6 Å². The second-order valence-corrected chi connectivity index (χ2v) is 9.30. The molecule has 186 valence electrons. The SMILES string of the molecule is C[C@@H](/C=C/CCn1cc(C(CO)c2ccccc2)nn1)[C@]1(O)C(=O)Nc2ccc(N3CCC3=O)cc21. The van der Waals surface area contributed by atoms with Crippen LogP contribution in [0.5, 0.6) is 0 Å². The molecule has 3 heterocycles. The number of benzene rings is 2. The van der Waals surface area contributed by atoms with E-state index in [-0.39, 0.29) is 18.4 Å². The number of hydrogen-bond acceptors (Lipinski definition) is 6. The Hall–Kier alpha value is -3.82. The van der Waals surface area contributed by atoms with E-state index in [0.717, 1.165) is 5.56 Å². The maximum Gasteiger partial charge on any atom is 0.261 e. The summed E-state index contributed by atoms with van der Waals surface area (Å²) in [6, 6.07) is 14.9. The van der Waals surface area contributed by atoms with Crippen molar-refractivity contribution >= 4 is 23.2 Å². The minimum absolute atomic E-state index is 0.0362. The Morgan fingerprint density at radius 1 is 1.19 bits per heavy atom. The quantitative estimate of drug-likeness (QED) is 0.315. The van der Waals surface area contributed by atoms with E-state index in [1.54, 1.807) is 34.7 Å². The molecule has 1 saturated heterocycles. The van der Waals surface area contributed by atoms with Crippen molar-refractivity contribution in [2.45, 2.75) is 37.8 Å². The summed E-state index contributed by atoms with van der Waals surface area (Å²) in [5.74, 6) is -1.17. The number of β-lactam (4-membered cyclic amide) rings is 1. The molecule has 3 N–H and O–H groups in total. The van der Waals surface area contributed by atoms with Crippen molar-refractivity contribution in [3.8, 4) is 0 Å². The molecule has 9 nitrogen and oxygen atoms in total. The smallest absolute Gasteiger partial charge is 0.261 e. The van der Waals surface area contributed by atoms with Crippen LogP contribution >= 0.6 is 0 Å². The van der Waals surface area contributed by atoms with Crippen LogP contribution in [0.25, 0.3) is 0 Å². The molecule has 0 radical (unpaired) electrons. The molecule has 2 aliphatic rings. The van der Waals surface area contributed by atoms with Gasteiger partial charge in [-0.3, -0.25) is 14.3 Å². The van der Waals surface area contributed by atoms with Gasteiger partial charge in [0.2, 0.25) is 5.91 Å². The van der Waals surface area contributed by atoms with Gasteiger partial charge < -0.3 is 20.4 Å². The van der Waals surface area contributed by atoms with Gasteiger partial charge in [0.1, 0.15) is 0 Å². The fourth-order valence-electron chi connectivity index (χ4n) is 4.79.